The molecule has 0 aliphatic carbocycles. The molecule has 152 valence electrons. The van der Waals surface area contributed by atoms with Gasteiger partial charge in [0.2, 0.25) is 0 Å². The summed E-state index contributed by atoms with van der Waals surface area (Å²) in [7, 11) is 0. The fraction of sp³-hybridized carbons (Fsp3) is 0.217. The van der Waals surface area contributed by atoms with Gasteiger partial charge in [-0.2, -0.15) is 0 Å². The molecule has 2 aromatic carbocycles. The number of H-pyrrole nitrogens is 1. The number of rotatable bonds is 4. The predicted octanol–water partition coefficient (Wildman–Crippen LogP) is 3.61. The van der Waals surface area contributed by atoms with E-state index >= 15 is 0 Å². The quantitative estimate of drug-likeness (QED) is 0.545. The maximum Gasteiger partial charge on any atom is 0.332 e. The van der Waals surface area contributed by atoms with Gasteiger partial charge in [-0.1, -0.05) is 44.2 Å². The molecule has 2 aromatic heterocycles. The number of hydrogen-bond donors (Lipinski definition) is 2. The molecule has 7 heteroatoms. The van der Waals surface area contributed by atoms with Crippen LogP contribution < -0.4 is 11.4 Å². The molecule has 0 fully saturated rings. The van der Waals surface area contributed by atoms with E-state index in [0.717, 1.165) is 16.7 Å². The number of aromatic amines is 1. The molecule has 0 spiro atoms. The molecule has 4 rings (SSSR count). The average molecular weight is 401 g/mol. The number of carbonyl (C=O) groups is 1. The van der Waals surface area contributed by atoms with E-state index in [9.17, 15) is 9.59 Å². The van der Waals surface area contributed by atoms with Gasteiger partial charge in [0.1, 0.15) is 5.52 Å². The van der Waals surface area contributed by atoms with E-state index in [1.807, 2.05) is 56.3 Å². The second-order valence-electron chi connectivity index (χ2n) is 7.77. The molecule has 7 nitrogen and oxygen atoms in total. The minimum absolute atomic E-state index is 0.0115. The molecular weight excluding hydrogens is 378 g/mol. The van der Waals surface area contributed by atoms with Crippen molar-refractivity contribution < 1.29 is 4.79 Å². The lowest BCUT2D eigenvalue weighted by atomic mass is 10.0. The van der Waals surface area contributed by atoms with Crippen LogP contribution in [0.25, 0.3) is 28.2 Å². The molecule has 0 saturated carbocycles. The van der Waals surface area contributed by atoms with Crippen molar-refractivity contribution in [2.75, 3.05) is 0 Å². The fourth-order valence-corrected chi connectivity index (χ4v) is 3.41. The lowest BCUT2D eigenvalue weighted by Crippen LogP contribution is -2.15. The molecule has 2 heterocycles. The highest BCUT2D eigenvalue weighted by Gasteiger charge is 2.20. The Kier molecular flexibility index (Phi) is 4.73. The first-order valence-corrected chi connectivity index (χ1v) is 9.76. The number of aryl methyl sites for hydroxylation is 2. The Bertz CT molecular complexity index is 1330. The zero-order valence-electron chi connectivity index (χ0n) is 17.4. The summed E-state index contributed by atoms with van der Waals surface area (Å²) in [5.74, 6) is 0.00221. The van der Waals surface area contributed by atoms with Crippen LogP contribution in [0.3, 0.4) is 0 Å². The number of nitrogens with two attached hydrogens (primary N) is 1. The van der Waals surface area contributed by atoms with Gasteiger partial charge >= 0.3 is 5.69 Å². The van der Waals surface area contributed by atoms with Crippen molar-refractivity contribution in [1.82, 2.24) is 19.5 Å². The normalized spacial score (nSPS) is 11.4. The Labute approximate surface area is 173 Å². The summed E-state index contributed by atoms with van der Waals surface area (Å²) >= 11 is 0. The number of nitrogens with one attached hydrogen (secondary N) is 1. The van der Waals surface area contributed by atoms with Crippen LogP contribution >= 0.6 is 0 Å². The van der Waals surface area contributed by atoms with Gasteiger partial charge in [0.25, 0.3) is 5.91 Å². The zero-order chi connectivity index (χ0) is 21.6. The average Bonchev–Trinajstić information content (AvgIpc) is 3.05. The van der Waals surface area contributed by atoms with E-state index in [0.29, 0.717) is 23.1 Å². The Balaban J connectivity index is 1.99. The van der Waals surface area contributed by atoms with Crippen LogP contribution in [0.15, 0.2) is 47.3 Å². The first kappa shape index (κ1) is 19.6. The number of amides is 1. The Morgan fingerprint density at radius 1 is 1.03 bits per heavy atom. The number of hydrogen-bond acceptors (Lipinski definition) is 4. The van der Waals surface area contributed by atoms with Crippen LogP contribution in [-0.2, 0) is 0 Å². The molecule has 3 N–H and O–H groups in total. The monoisotopic (exact) mass is 401 g/mol. The number of carbonyl (C=O) groups excluding carboxylic acids is 1. The van der Waals surface area contributed by atoms with Gasteiger partial charge in [0.05, 0.1) is 5.69 Å². The molecule has 0 unspecified atom stereocenters. The van der Waals surface area contributed by atoms with Crippen molar-refractivity contribution in [3.63, 3.8) is 0 Å². The Morgan fingerprint density at radius 3 is 2.33 bits per heavy atom. The highest BCUT2D eigenvalue weighted by atomic mass is 16.2. The number of benzene rings is 2. The molecule has 30 heavy (non-hydrogen) atoms. The van der Waals surface area contributed by atoms with Gasteiger partial charge in [-0.15, -0.1) is 0 Å². The van der Waals surface area contributed by atoms with E-state index in [1.54, 1.807) is 0 Å². The predicted molar refractivity (Wildman–Crippen MR) is 117 cm³/mol. The van der Waals surface area contributed by atoms with Crippen LogP contribution in [0.2, 0.25) is 0 Å². The highest BCUT2D eigenvalue weighted by Crippen LogP contribution is 2.24. The lowest BCUT2D eigenvalue weighted by Gasteiger charge is -2.09. The minimum Gasteiger partial charge on any atom is -0.364 e. The molecular formula is C23H23N5O2. The topological polar surface area (TPSA) is 107 Å². The SMILES string of the molecule is Cc1ccc(-n2c(=O)[nH]c3c(C(N)=O)nc(-c4ccc(C(C)C)cc4)nc32)cc1C. The van der Waals surface area contributed by atoms with Crippen LogP contribution in [0.1, 0.15) is 46.9 Å². The maximum absolute atomic E-state index is 12.8. The molecule has 0 atom stereocenters. The molecule has 1 amide bonds. The second kappa shape index (κ2) is 7.26. The summed E-state index contributed by atoms with van der Waals surface area (Å²) in [5, 5.41) is 0. The van der Waals surface area contributed by atoms with Gasteiger partial charge in [-0.05, 0) is 48.6 Å². The first-order valence-electron chi connectivity index (χ1n) is 9.76. The third-order valence-corrected chi connectivity index (χ3v) is 5.35. The minimum atomic E-state index is -0.726. The Morgan fingerprint density at radius 2 is 1.73 bits per heavy atom. The van der Waals surface area contributed by atoms with Crippen LogP contribution in [0, 0.1) is 13.8 Å². The van der Waals surface area contributed by atoms with Crippen molar-refractivity contribution in [2.45, 2.75) is 33.6 Å². The van der Waals surface area contributed by atoms with E-state index in [4.69, 9.17) is 5.73 Å². The van der Waals surface area contributed by atoms with Crippen LogP contribution in [0.4, 0.5) is 0 Å². The molecule has 0 aliphatic heterocycles. The summed E-state index contributed by atoms with van der Waals surface area (Å²) in [6, 6.07) is 13.5. The number of nitrogens with zero attached hydrogens (tertiary/aromatic N) is 3. The maximum atomic E-state index is 12.8. The van der Waals surface area contributed by atoms with Crippen LogP contribution in [0.5, 0.6) is 0 Å². The standard InChI is InChI=1S/C23H23N5O2/c1-12(2)15-6-8-16(9-7-15)21-25-18(20(24)29)19-22(27-21)28(23(30)26-19)17-10-5-13(3)14(4)11-17/h5-12H,1-4H3,(H2,24,29)(H,26,30). The summed E-state index contributed by atoms with van der Waals surface area (Å²) in [5.41, 5.74) is 10.4. The van der Waals surface area contributed by atoms with E-state index in [-0.39, 0.29) is 11.2 Å². The van der Waals surface area contributed by atoms with Gasteiger partial charge < -0.3 is 10.7 Å². The van der Waals surface area contributed by atoms with E-state index in [2.05, 4.69) is 28.8 Å². The van der Waals surface area contributed by atoms with Crippen molar-refractivity contribution in [3.8, 4) is 17.1 Å². The van der Waals surface area contributed by atoms with E-state index < -0.39 is 11.6 Å². The fourth-order valence-electron chi connectivity index (χ4n) is 3.41. The molecule has 0 radical (unpaired) electrons. The molecule has 0 saturated heterocycles. The van der Waals surface area contributed by atoms with E-state index in [1.165, 1.54) is 10.1 Å². The smallest absolute Gasteiger partial charge is 0.332 e. The summed E-state index contributed by atoms with van der Waals surface area (Å²) in [6.07, 6.45) is 0. The largest absolute Gasteiger partial charge is 0.364 e. The van der Waals surface area contributed by atoms with Crippen molar-refractivity contribution in [1.29, 1.82) is 0 Å². The van der Waals surface area contributed by atoms with Gasteiger partial charge in [-0.3, -0.25) is 4.79 Å². The number of primary amides is 1. The lowest BCUT2D eigenvalue weighted by molar-refractivity contribution is 0.0997. The van der Waals surface area contributed by atoms with Gasteiger partial charge in [0.15, 0.2) is 17.2 Å². The van der Waals surface area contributed by atoms with Crippen molar-refractivity contribution in [2.24, 2.45) is 5.73 Å². The summed E-state index contributed by atoms with van der Waals surface area (Å²) in [6.45, 7) is 8.21. The number of fused-ring (bicyclic) bond motifs is 1. The van der Waals surface area contributed by atoms with Gasteiger partial charge in [-0.25, -0.2) is 19.3 Å². The van der Waals surface area contributed by atoms with Gasteiger partial charge in [0, 0.05) is 5.56 Å². The third-order valence-electron chi connectivity index (χ3n) is 5.35. The molecule has 4 aromatic rings. The molecule has 0 bridgehead atoms. The Hall–Kier alpha value is -3.74. The molecule has 0 aliphatic rings. The van der Waals surface area contributed by atoms with Crippen molar-refractivity contribution >= 4 is 17.1 Å². The summed E-state index contributed by atoms with van der Waals surface area (Å²) in [4.78, 5) is 36.5. The number of aromatic nitrogens is 4. The highest BCUT2D eigenvalue weighted by molar-refractivity contribution is 6.02. The first-order chi connectivity index (χ1) is 14.3. The van der Waals surface area contributed by atoms with Crippen molar-refractivity contribution in [3.05, 3.63) is 75.3 Å². The van der Waals surface area contributed by atoms with Crippen LogP contribution in [-0.4, -0.2) is 25.4 Å². The third kappa shape index (κ3) is 3.28. The number of imidazole rings is 1. The zero-order valence-corrected chi connectivity index (χ0v) is 17.4. The second-order valence-corrected chi connectivity index (χ2v) is 7.77. The summed E-state index contributed by atoms with van der Waals surface area (Å²) < 4.78 is 1.45.